The third-order valence-corrected chi connectivity index (χ3v) is 12.6. The molecule has 2 aromatic rings. The summed E-state index contributed by atoms with van der Waals surface area (Å²) in [6.07, 6.45) is 8.68. The van der Waals surface area contributed by atoms with Crippen LogP contribution >= 0.6 is 0 Å². The van der Waals surface area contributed by atoms with Crippen molar-refractivity contribution in [2.75, 3.05) is 0 Å². The minimum atomic E-state index is -0.117. The molecule has 0 radical (unpaired) electrons. The first-order valence-electron chi connectivity index (χ1n) is 16.4. The van der Waals surface area contributed by atoms with Crippen LogP contribution in [0.3, 0.4) is 0 Å². The van der Waals surface area contributed by atoms with Gasteiger partial charge in [0.15, 0.2) is 0 Å². The van der Waals surface area contributed by atoms with E-state index in [4.69, 9.17) is 13.2 Å². The molecular weight excluding hydrogens is 504 g/mol. The highest BCUT2D eigenvalue weighted by Crippen LogP contribution is 2.70. The summed E-state index contributed by atoms with van der Waals surface area (Å²) in [5.74, 6) is 1.71. The van der Waals surface area contributed by atoms with E-state index >= 15 is 0 Å². The second kappa shape index (κ2) is 9.83. The van der Waals surface area contributed by atoms with Crippen LogP contribution in [0.25, 0.3) is 16.7 Å². The van der Waals surface area contributed by atoms with E-state index in [2.05, 4.69) is 98.4 Å². The fourth-order valence-corrected chi connectivity index (χ4v) is 10.5. The molecule has 0 N–H and O–H groups in total. The Kier molecular flexibility index (Phi) is 6.84. The van der Waals surface area contributed by atoms with Gasteiger partial charge in [-0.1, -0.05) is 113 Å². The summed E-state index contributed by atoms with van der Waals surface area (Å²) in [7, 11) is 0. The molecule has 0 heterocycles. The van der Waals surface area contributed by atoms with E-state index in [1.807, 2.05) is 0 Å². The Hall–Kier alpha value is -2.86. The van der Waals surface area contributed by atoms with Crippen LogP contribution in [0.4, 0.5) is 0 Å². The van der Waals surface area contributed by atoms with Gasteiger partial charge in [-0.2, -0.15) is 0 Å². The van der Waals surface area contributed by atoms with Gasteiger partial charge in [0.25, 0.3) is 0 Å². The summed E-state index contributed by atoms with van der Waals surface area (Å²) in [4.78, 5) is 0. The molecule has 4 aliphatic carbocycles. The smallest absolute Gasteiger partial charge is 0.0194 e. The van der Waals surface area contributed by atoms with E-state index < -0.39 is 0 Å². The maximum atomic E-state index is 4.88. The van der Waals surface area contributed by atoms with Crippen molar-refractivity contribution in [2.24, 2.45) is 28.1 Å². The van der Waals surface area contributed by atoms with Gasteiger partial charge in [0, 0.05) is 5.41 Å². The molecule has 2 unspecified atom stereocenters. The Morgan fingerprint density at radius 2 is 1.62 bits per heavy atom. The van der Waals surface area contributed by atoms with E-state index in [0.29, 0.717) is 0 Å². The van der Waals surface area contributed by atoms with Crippen LogP contribution in [0.1, 0.15) is 103 Å². The third kappa shape index (κ3) is 4.07. The van der Waals surface area contributed by atoms with Crippen LogP contribution in [0.15, 0.2) is 89.6 Å². The summed E-state index contributed by atoms with van der Waals surface area (Å²) >= 11 is 0. The fraction of sp³-hybridized carbons (Fsp3) is 0.476. The molecule has 5 atom stereocenters. The Labute approximate surface area is 256 Å². The predicted octanol–water partition coefficient (Wildman–Crippen LogP) is 11.8. The van der Waals surface area contributed by atoms with Crippen molar-refractivity contribution in [1.82, 2.24) is 0 Å². The average Bonchev–Trinajstić information content (AvgIpc) is 3.30. The Balaban J connectivity index is 1.45. The van der Waals surface area contributed by atoms with Gasteiger partial charge in [0.2, 0.25) is 0 Å². The van der Waals surface area contributed by atoms with E-state index in [1.54, 1.807) is 0 Å². The SMILES string of the molecule is C=C(C)C1=C(C)C[C@@]2(C)C[C@@]3(C)Cc4c(-c5ccc(CC6CCCC6C)cc5)ccc(C)c4C(=C)C3=C(C)[C@@]2(C)C1=C. The molecule has 0 heteroatoms. The molecule has 6 rings (SSSR count). The summed E-state index contributed by atoms with van der Waals surface area (Å²) in [6, 6.07) is 14.3. The first-order valence-corrected chi connectivity index (χ1v) is 16.4. The lowest BCUT2D eigenvalue weighted by atomic mass is 9.41. The average molecular weight is 557 g/mol. The molecule has 0 spiro atoms. The molecule has 0 amide bonds. The number of allylic oxidation sites excluding steroid dienone is 7. The van der Waals surface area contributed by atoms with E-state index in [9.17, 15) is 0 Å². The monoisotopic (exact) mass is 556 g/mol. The van der Waals surface area contributed by atoms with Crippen LogP contribution in [-0.2, 0) is 12.8 Å². The zero-order valence-electron chi connectivity index (χ0n) is 27.7. The number of aryl methyl sites for hydroxylation is 1. The summed E-state index contributed by atoms with van der Waals surface area (Å²) in [5.41, 5.74) is 17.8. The van der Waals surface area contributed by atoms with Crippen LogP contribution in [0.2, 0.25) is 0 Å². The first kappa shape index (κ1) is 29.2. The first-order chi connectivity index (χ1) is 19.7. The molecule has 1 fully saturated rings. The highest BCUT2D eigenvalue weighted by atomic mass is 14.6. The van der Waals surface area contributed by atoms with Crippen molar-refractivity contribution < 1.29 is 0 Å². The molecule has 0 aliphatic heterocycles. The zero-order chi connectivity index (χ0) is 30.4. The highest BCUT2D eigenvalue weighted by molar-refractivity contribution is 5.90. The largest absolute Gasteiger partial charge is 0.0955 e. The fourth-order valence-electron chi connectivity index (χ4n) is 10.5. The number of hydrogen-bond acceptors (Lipinski definition) is 0. The van der Waals surface area contributed by atoms with Crippen molar-refractivity contribution in [3.8, 4) is 11.1 Å². The third-order valence-electron chi connectivity index (χ3n) is 12.6. The van der Waals surface area contributed by atoms with Gasteiger partial charge in [-0.25, -0.2) is 0 Å². The van der Waals surface area contributed by atoms with Crippen molar-refractivity contribution in [3.63, 3.8) is 0 Å². The van der Waals surface area contributed by atoms with Crippen molar-refractivity contribution in [2.45, 2.75) is 100 Å². The van der Waals surface area contributed by atoms with Gasteiger partial charge < -0.3 is 0 Å². The lowest BCUT2D eigenvalue weighted by Gasteiger charge is -2.62. The van der Waals surface area contributed by atoms with Gasteiger partial charge in [-0.15, -0.1) is 0 Å². The molecule has 0 saturated heterocycles. The second-order valence-electron chi connectivity index (χ2n) is 15.5. The molecule has 220 valence electrons. The number of benzene rings is 2. The quantitative estimate of drug-likeness (QED) is 0.351. The molecule has 42 heavy (non-hydrogen) atoms. The van der Waals surface area contributed by atoms with E-state index in [-0.39, 0.29) is 16.2 Å². The second-order valence-corrected chi connectivity index (χ2v) is 15.5. The van der Waals surface area contributed by atoms with Gasteiger partial charge in [0.05, 0.1) is 0 Å². The van der Waals surface area contributed by atoms with Crippen LogP contribution in [0, 0.1) is 35.0 Å². The Morgan fingerprint density at radius 3 is 2.24 bits per heavy atom. The van der Waals surface area contributed by atoms with Crippen LogP contribution in [0.5, 0.6) is 0 Å². The van der Waals surface area contributed by atoms with Crippen molar-refractivity contribution in [1.29, 1.82) is 0 Å². The number of hydrogen-bond donors (Lipinski definition) is 0. The van der Waals surface area contributed by atoms with Crippen LogP contribution < -0.4 is 0 Å². The minimum Gasteiger partial charge on any atom is -0.0955 e. The topological polar surface area (TPSA) is 0 Å². The standard InChI is InChI=1S/C42H52/c1-25(2)37-28(5)22-41(10)24-40(9)23-36-35(33-18-16-32(17-19-33)21-34-14-12-13-26(34)3)20-15-27(4)38(36)29(6)39(40)31(8)42(41,11)30(37)7/h15-20,26,34H,1,6-7,12-14,21-24H2,2-5,8-11H3/t26?,34?,40-,41+,42-/m1/s1. The molecule has 0 nitrogen and oxygen atoms in total. The van der Waals surface area contributed by atoms with Gasteiger partial charge >= 0.3 is 0 Å². The normalized spacial score (nSPS) is 32.6. The summed E-state index contributed by atoms with van der Waals surface area (Å²) < 4.78 is 0. The van der Waals surface area contributed by atoms with Crippen molar-refractivity contribution >= 4 is 5.57 Å². The van der Waals surface area contributed by atoms with E-state index in [0.717, 1.165) is 36.7 Å². The number of rotatable bonds is 4. The zero-order valence-corrected chi connectivity index (χ0v) is 27.7. The van der Waals surface area contributed by atoms with Crippen LogP contribution in [-0.4, -0.2) is 0 Å². The molecule has 1 saturated carbocycles. The molecule has 2 aromatic carbocycles. The Bertz CT molecular complexity index is 1590. The number of fused-ring (bicyclic) bond motifs is 3. The van der Waals surface area contributed by atoms with E-state index in [1.165, 1.54) is 92.5 Å². The maximum Gasteiger partial charge on any atom is 0.0194 e. The maximum absolute atomic E-state index is 4.88. The molecule has 0 aromatic heterocycles. The lowest BCUT2D eigenvalue weighted by Crippen LogP contribution is -2.52. The summed E-state index contributed by atoms with van der Waals surface area (Å²) in [6.45, 7) is 33.1. The Morgan fingerprint density at radius 1 is 0.929 bits per heavy atom. The molecular formula is C42H52. The molecule has 0 bridgehead atoms. The summed E-state index contributed by atoms with van der Waals surface area (Å²) in [5, 5.41) is 0. The van der Waals surface area contributed by atoms with Gasteiger partial charge in [-0.3, -0.25) is 0 Å². The lowest BCUT2D eigenvalue weighted by molar-refractivity contribution is 0.0544. The predicted molar refractivity (Wildman–Crippen MR) is 182 cm³/mol. The minimum absolute atomic E-state index is 0.0325. The highest BCUT2D eigenvalue weighted by Gasteiger charge is 2.59. The van der Waals surface area contributed by atoms with Crippen molar-refractivity contribution in [3.05, 3.63) is 112 Å². The molecule has 4 aliphatic rings. The van der Waals surface area contributed by atoms with Gasteiger partial charge in [-0.05, 0) is 138 Å². The van der Waals surface area contributed by atoms with Gasteiger partial charge in [0.1, 0.15) is 0 Å².